The third-order valence-corrected chi connectivity index (χ3v) is 4.78. The van der Waals surface area contributed by atoms with Gasteiger partial charge in [0.15, 0.2) is 0 Å². The van der Waals surface area contributed by atoms with Gasteiger partial charge in [0.1, 0.15) is 11.6 Å². The Bertz CT molecular complexity index is 702. The van der Waals surface area contributed by atoms with Crippen LogP contribution in [0.3, 0.4) is 0 Å². The van der Waals surface area contributed by atoms with Gasteiger partial charge < -0.3 is 5.11 Å². The number of benzene rings is 2. The zero-order valence-electron chi connectivity index (χ0n) is 14.5. The average molecular weight is 466 g/mol. The summed E-state index contributed by atoms with van der Waals surface area (Å²) < 4.78 is 14.0. The van der Waals surface area contributed by atoms with E-state index in [9.17, 15) is 9.50 Å². The van der Waals surface area contributed by atoms with Gasteiger partial charge in [0.05, 0.1) is 0 Å². The van der Waals surface area contributed by atoms with Gasteiger partial charge in [-0.3, -0.25) is 0 Å². The van der Waals surface area contributed by atoms with Crippen molar-refractivity contribution in [1.82, 2.24) is 0 Å². The molecular weight excluding hydrogens is 444 g/mol. The zero-order chi connectivity index (χ0) is 18.5. The SMILES string of the molecule is Cc1ccc(Pc2cc(C)cc(C(C)(C)C)c2O)c(F)c1.[Cl][Zr][Cl]. The number of phenols is 1. The summed E-state index contributed by atoms with van der Waals surface area (Å²) in [4.78, 5) is 0. The molecule has 1 unspecified atom stereocenters. The van der Waals surface area contributed by atoms with Gasteiger partial charge in [-0.15, -0.1) is 0 Å². The molecule has 0 saturated heterocycles. The number of hydrogen-bond acceptors (Lipinski definition) is 1. The normalized spacial score (nSPS) is 11.3. The molecule has 0 bridgehead atoms. The molecule has 6 heteroatoms. The van der Waals surface area contributed by atoms with Gasteiger partial charge >= 0.3 is 37.9 Å². The number of hydrogen-bond donors (Lipinski definition) is 1. The van der Waals surface area contributed by atoms with Crippen LogP contribution in [0, 0.1) is 19.7 Å². The van der Waals surface area contributed by atoms with Crippen LogP contribution in [0.4, 0.5) is 4.39 Å². The summed E-state index contributed by atoms with van der Waals surface area (Å²) in [5.41, 5.74) is 2.77. The number of halogens is 3. The fraction of sp³-hybridized carbons (Fsp3) is 0.333. The van der Waals surface area contributed by atoms with Crippen molar-refractivity contribution in [3.05, 3.63) is 52.8 Å². The molecule has 1 nitrogen and oxygen atoms in total. The second kappa shape index (κ2) is 9.68. The molecule has 2 aromatic carbocycles. The molecule has 2 rings (SSSR count). The van der Waals surface area contributed by atoms with E-state index in [2.05, 4.69) is 20.8 Å². The predicted molar refractivity (Wildman–Crippen MR) is 102 cm³/mol. The Hall–Kier alpha value is 0.0631. The van der Waals surface area contributed by atoms with Crippen molar-refractivity contribution in [1.29, 1.82) is 0 Å². The number of phenolic OH excluding ortho intramolecular Hbond substituents is 1. The summed E-state index contributed by atoms with van der Waals surface area (Å²) in [7, 11) is 9.99. The van der Waals surface area contributed by atoms with Crippen molar-refractivity contribution in [3.63, 3.8) is 0 Å². The zero-order valence-corrected chi connectivity index (χ0v) is 19.4. The summed E-state index contributed by atoms with van der Waals surface area (Å²) in [6.45, 7) is 10.1. The van der Waals surface area contributed by atoms with E-state index in [1.807, 2.05) is 38.1 Å². The van der Waals surface area contributed by atoms with Crippen LogP contribution in [-0.4, -0.2) is 5.11 Å². The summed E-state index contributed by atoms with van der Waals surface area (Å²) in [6, 6.07) is 9.21. The van der Waals surface area contributed by atoms with E-state index in [1.165, 1.54) is 0 Å². The van der Waals surface area contributed by atoms with Crippen molar-refractivity contribution >= 4 is 36.2 Å². The summed E-state index contributed by atoms with van der Waals surface area (Å²) in [5.74, 6) is 0.0953. The van der Waals surface area contributed by atoms with Crippen LogP contribution in [0.25, 0.3) is 0 Å². The molecule has 0 fully saturated rings. The second-order valence-electron chi connectivity index (χ2n) is 6.64. The van der Waals surface area contributed by atoms with Crippen LogP contribution in [0.1, 0.15) is 37.5 Å². The Balaban J connectivity index is 0.000000891. The summed E-state index contributed by atoms with van der Waals surface area (Å²) in [6.07, 6.45) is 0. The van der Waals surface area contributed by atoms with Crippen molar-refractivity contribution < 1.29 is 30.3 Å². The molecule has 0 saturated carbocycles. The minimum atomic E-state index is -0.826. The summed E-state index contributed by atoms with van der Waals surface area (Å²) in [5, 5.41) is 12.0. The van der Waals surface area contributed by atoms with E-state index < -0.39 is 20.8 Å². The molecule has 0 radical (unpaired) electrons. The first-order valence-electron chi connectivity index (χ1n) is 7.43. The van der Waals surface area contributed by atoms with Gasteiger partial charge in [-0.25, -0.2) is 4.39 Å². The maximum atomic E-state index is 14.0. The van der Waals surface area contributed by atoms with Gasteiger partial charge in [-0.1, -0.05) is 47.6 Å². The third-order valence-electron chi connectivity index (χ3n) is 3.46. The molecule has 1 N–H and O–H groups in total. The molecule has 24 heavy (non-hydrogen) atoms. The number of aryl methyl sites for hydroxylation is 2. The van der Waals surface area contributed by atoms with Crippen molar-refractivity contribution in [2.24, 2.45) is 0 Å². The van der Waals surface area contributed by atoms with Crippen LogP contribution >= 0.6 is 25.6 Å². The average Bonchev–Trinajstić information content (AvgIpc) is 2.45. The molecule has 130 valence electrons. The minimum absolute atomic E-state index is 0.118. The van der Waals surface area contributed by atoms with Gasteiger partial charge in [0, 0.05) is 16.2 Å². The Morgan fingerprint density at radius 2 is 1.58 bits per heavy atom. The Kier molecular flexibility index (Phi) is 8.91. The molecule has 1 atom stereocenters. The van der Waals surface area contributed by atoms with Gasteiger partial charge in [-0.2, -0.15) is 0 Å². The first-order valence-corrected chi connectivity index (χ1v) is 14.8. The maximum absolute atomic E-state index is 14.0. The van der Waals surface area contributed by atoms with Crippen LogP contribution in [0.2, 0.25) is 0 Å². The van der Waals surface area contributed by atoms with Crippen LogP contribution in [0.5, 0.6) is 5.75 Å². The molecule has 0 aliphatic carbocycles. The summed E-state index contributed by atoms with van der Waals surface area (Å²) >= 11 is -0.826. The first-order chi connectivity index (χ1) is 11.1. The molecule has 0 aromatic heterocycles. The topological polar surface area (TPSA) is 20.2 Å². The van der Waals surface area contributed by atoms with E-state index in [1.54, 1.807) is 6.07 Å². The molecule has 0 spiro atoms. The number of aromatic hydroxyl groups is 1. The van der Waals surface area contributed by atoms with E-state index in [-0.39, 0.29) is 19.8 Å². The molecule has 2 aromatic rings. The van der Waals surface area contributed by atoms with Gasteiger partial charge in [0.2, 0.25) is 0 Å². The van der Waals surface area contributed by atoms with Gasteiger partial charge in [-0.05, 0) is 42.5 Å². The number of rotatable bonds is 2. The fourth-order valence-corrected chi connectivity index (χ4v) is 3.51. The van der Waals surface area contributed by atoms with E-state index in [0.29, 0.717) is 11.1 Å². The van der Waals surface area contributed by atoms with Gasteiger partial charge in [0.25, 0.3) is 0 Å². The van der Waals surface area contributed by atoms with E-state index in [4.69, 9.17) is 17.0 Å². The van der Waals surface area contributed by atoms with Crippen molar-refractivity contribution in [2.45, 2.75) is 40.0 Å². The van der Waals surface area contributed by atoms with Crippen LogP contribution in [-0.2, 0) is 26.3 Å². The second-order valence-corrected chi connectivity index (χ2v) is 11.7. The van der Waals surface area contributed by atoms with Crippen molar-refractivity contribution in [2.75, 3.05) is 0 Å². The molecule has 0 heterocycles. The van der Waals surface area contributed by atoms with Crippen molar-refractivity contribution in [3.8, 4) is 5.75 Å². The standard InChI is InChI=1S/C18H22FOP.2ClH.Zr/c1-11-6-7-15(14(19)9-11)21-16-10-12(2)8-13(17(16)20)18(3,4)5;;;/h6-10,20-21H,1-5H3;2*1H;/q;;;+2/p-2. The third kappa shape index (κ3) is 6.41. The Morgan fingerprint density at radius 3 is 2.08 bits per heavy atom. The van der Waals surface area contributed by atoms with E-state index >= 15 is 0 Å². The molecule has 0 aliphatic heterocycles. The van der Waals surface area contributed by atoms with Crippen LogP contribution in [0.15, 0.2) is 30.3 Å². The quantitative estimate of drug-likeness (QED) is 0.584. The molecule has 0 amide bonds. The molecular formula is C18H22Cl2FOPZr. The monoisotopic (exact) mass is 464 g/mol. The first kappa shape index (κ1) is 22.1. The Labute approximate surface area is 164 Å². The Morgan fingerprint density at radius 1 is 1.00 bits per heavy atom. The molecule has 0 aliphatic rings. The predicted octanol–water partition coefficient (Wildman–Crippen LogP) is 5.45. The fourth-order valence-electron chi connectivity index (χ4n) is 2.31. The van der Waals surface area contributed by atoms with Crippen LogP contribution < -0.4 is 10.6 Å². The van der Waals surface area contributed by atoms with E-state index in [0.717, 1.165) is 22.0 Å².